The van der Waals surface area contributed by atoms with Gasteiger partial charge in [-0.15, -0.1) is 11.8 Å². The van der Waals surface area contributed by atoms with E-state index in [4.69, 9.17) is 15.2 Å². The molecule has 0 atom stereocenters. The number of ether oxygens (including phenoxy) is 2. The van der Waals surface area contributed by atoms with Gasteiger partial charge in [0.05, 0.1) is 25.8 Å². The van der Waals surface area contributed by atoms with E-state index in [2.05, 4.69) is 0 Å². The van der Waals surface area contributed by atoms with Crippen molar-refractivity contribution in [2.45, 2.75) is 11.3 Å². The van der Waals surface area contributed by atoms with E-state index in [1.165, 1.54) is 11.8 Å². The maximum atomic E-state index is 12.2. The third-order valence-electron chi connectivity index (χ3n) is 2.27. The van der Waals surface area contributed by atoms with Crippen molar-refractivity contribution < 1.29 is 13.9 Å². The zero-order valence-corrected chi connectivity index (χ0v) is 11.0. The molecular weight excluding hydrogens is 241 g/mol. The highest BCUT2D eigenvalue weighted by Gasteiger charge is 2.12. The number of methoxy groups -OCH3 is 2. The van der Waals surface area contributed by atoms with Crippen molar-refractivity contribution >= 4 is 11.8 Å². The van der Waals surface area contributed by atoms with E-state index in [0.717, 1.165) is 16.9 Å². The molecule has 0 unspecified atom stereocenters. The molecule has 0 heterocycles. The number of nitrogens with two attached hydrogens (primary N) is 1. The molecule has 0 radical (unpaired) electrons. The lowest BCUT2D eigenvalue weighted by Crippen LogP contribution is -2.04. The molecule has 0 aliphatic carbocycles. The molecule has 2 N–H and O–H groups in total. The Bertz CT molecular complexity index is 361. The lowest BCUT2D eigenvalue weighted by Gasteiger charge is -2.14. The van der Waals surface area contributed by atoms with Crippen LogP contribution in [-0.2, 0) is 6.42 Å². The van der Waals surface area contributed by atoms with Gasteiger partial charge >= 0.3 is 0 Å². The summed E-state index contributed by atoms with van der Waals surface area (Å²) in [4.78, 5) is 0.896. The van der Waals surface area contributed by atoms with E-state index in [1.807, 2.05) is 12.1 Å². The van der Waals surface area contributed by atoms with Gasteiger partial charge in [0.15, 0.2) is 11.5 Å². The topological polar surface area (TPSA) is 44.5 Å². The van der Waals surface area contributed by atoms with Crippen molar-refractivity contribution in [3.8, 4) is 11.5 Å². The van der Waals surface area contributed by atoms with Crippen LogP contribution in [0, 0.1) is 0 Å². The molecule has 17 heavy (non-hydrogen) atoms. The molecule has 0 amide bonds. The highest BCUT2D eigenvalue weighted by Crippen LogP contribution is 2.38. The van der Waals surface area contributed by atoms with Gasteiger partial charge in [-0.2, -0.15) is 0 Å². The summed E-state index contributed by atoms with van der Waals surface area (Å²) >= 11 is 1.42. The standard InChI is InChI=1S/C12H18FNO2S/c1-15-10-7-9(3-5-14)8-11(12(10)16-2)17-6-4-13/h7-8H,3-6,14H2,1-2H3. The SMILES string of the molecule is COc1cc(CCN)cc(SCCF)c1OC. The predicted molar refractivity (Wildman–Crippen MR) is 69.0 cm³/mol. The number of alkyl halides is 1. The first-order valence-corrected chi connectivity index (χ1v) is 6.39. The number of hydrogen-bond acceptors (Lipinski definition) is 4. The van der Waals surface area contributed by atoms with Crippen LogP contribution in [0.3, 0.4) is 0 Å². The number of thioether (sulfide) groups is 1. The summed E-state index contributed by atoms with van der Waals surface area (Å²) < 4.78 is 22.8. The second kappa shape index (κ2) is 7.40. The maximum Gasteiger partial charge on any atom is 0.174 e. The number of hydrogen-bond donors (Lipinski definition) is 1. The minimum absolute atomic E-state index is 0.364. The monoisotopic (exact) mass is 259 g/mol. The van der Waals surface area contributed by atoms with Crippen LogP contribution in [0.2, 0.25) is 0 Å². The minimum atomic E-state index is -0.364. The number of benzene rings is 1. The van der Waals surface area contributed by atoms with Crippen LogP contribution in [0.4, 0.5) is 4.39 Å². The van der Waals surface area contributed by atoms with Crippen LogP contribution in [0.25, 0.3) is 0 Å². The van der Waals surface area contributed by atoms with E-state index < -0.39 is 0 Å². The van der Waals surface area contributed by atoms with E-state index >= 15 is 0 Å². The van der Waals surface area contributed by atoms with Gasteiger partial charge < -0.3 is 15.2 Å². The summed E-state index contributed by atoms with van der Waals surface area (Å²) in [6.07, 6.45) is 0.767. The smallest absolute Gasteiger partial charge is 0.174 e. The second-order valence-corrected chi connectivity index (χ2v) is 4.54. The summed E-state index contributed by atoms with van der Waals surface area (Å²) in [6, 6.07) is 3.89. The van der Waals surface area contributed by atoms with Crippen molar-refractivity contribution in [3.63, 3.8) is 0 Å². The Morgan fingerprint density at radius 2 is 2.06 bits per heavy atom. The molecule has 96 valence electrons. The second-order valence-electron chi connectivity index (χ2n) is 3.41. The maximum absolute atomic E-state index is 12.2. The molecule has 1 rings (SSSR count). The molecular formula is C12H18FNO2S. The van der Waals surface area contributed by atoms with Crippen LogP contribution in [0.1, 0.15) is 5.56 Å². The van der Waals surface area contributed by atoms with Gasteiger partial charge in [0, 0.05) is 5.75 Å². The van der Waals surface area contributed by atoms with Crippen LogP contribution in [-0.4, -0.2) is 33.2 Å². The highest BCUT2D eigenvalue weighted by molar-refractivity contribution is 7.99. The molecule has 0 aliphatic heterocycles. The lowest BCUT2D eigenvalue weighted by molar-refractivity contribution is 0.347. The molecule has 0 saturated carbocycles. The van der Waals surface area contributed by atoms with Gasteiger partial charge in [-0.1, -0.05) is 0 Å². The average molecular weight is 259 g/mol. The molecule has 0 fully saturated rings. The summed E-state index contributed by atoms with van der Waals surface area (Å²) in [7, 11) is 3.17. The van der Waals surface area contributed by atoms with E-state index in [0.29, 0.717) is 23.8 Å². The third-order valence-corrected chi connectivity index (χ3v) is 3.25. The van der Waals surface area contributed by atoms with Gasteiger partial charge in [0.1, 0.15) is 0 Å². The molecule has 0 spiro atoms. The highest BCUT2D eigenvalue weighted by atomic mass is 32.2. The molecule has 5 heteroatoms. The van der Waals surface area contributed by atoms with Gasteiger partial charge in [-0.05, 0) is 30.7 Å². The van der Waals surface area contributed by atoms with Gasteiger partial charge in [-0.25, -0.2) is 0 Å². The first-order chi connectivity index (χ1) is 8.26. The van der Waals surface area contributed by atoms with Crippen molar-refractivity contribution in [1.29, 1.82) is 0 Å². The zero-order valence-electron chi connectivity index (χ0n) is 10.2. The molecule has 0 aliphatic rings. The number of halogens is 1. The van der Waals surface area contributed by atoms with Crippen LogP contribution < -0.4 is 15.2 Å². The quantitative estimate of drug-likeness (QED) is 0.763. The Hall–Kier alpha value is -0.940. The van der Waals surface area contributed by atoms with Crippen molar-refractivity contribution in [3.05, 3.63) is 17.7 Å². The Balaban J connectivity index is 3.07. The van der Waals surface area contributed by atoms with Gasteiger partial charge in [0.25, 0.3) is 0 Å². The fourth-order valence-corrected chi connectivity index (χ4v) is 2.40. The normalized spacial score (nSPS) is 10.4. The van der Waals surface area contributed by atoms with Crippen LogP contribution in [0.15, 0.2) is 17.0 Å². The van der Waals surface area contributed by atoms with E-state index in [9.17, 15) is 4.39 Å². The first kappa shape index (κ1) is 14.1. The Morgan fingerprint density at radius 3 is 2.59 bits per heavy atom. The zero-order chi connectivity index (χ0) is 12.7. The van der Waals surface area contributed by atoms with E-state index in [1.54, 1.807) is 14.2 Å². The Labute approximate surface area is 105 Å². The lowest BCUT2D eigenvalue weighted by atomic mass is 10.1. The summed E-state index contributed by atoms with van der Waals surface area (Å²) in [5.74, 6) is 1.73. The van der Waals surface area contributed by atoms with Crippen LogP contribution in [0.5, 0.6) is 11.5 Å². The molecule has 1 aromatic rings. The Kier molecular flexibility index (Phi) is 6.15. The van der Waals surface area contributed by atoms with E-state index in [-0.39, 0.29) is 6.67 Å². The molecule has 3 nitrogen and oxygen atoms in total. The number of rotatable bonds is 7. The van der Waals surface area contributed by atoms with Crippen LogP contribution >= 0.6 is 11.8 Å². The molecule has 0 saturated heterocycles. The Morgan fingerprint density at radius 1 is 1.29 bits per heavy atom. The minimum Gasteiger partial charge on any atom is -0.493 e. The fraction of sp³-hybridized carbons (Fsp3) is 0.500. The largest absolute Gasteiger partial charge is 0.493 e. The van der Waals surface area contributed by atoms with Crippen molar-refractivity contribution in [2.24, 2.45) is 5.73 Å². The fourth-order valence-electron chi connectivity index (χ4n) is 1.55. The van der Waals surface area contributed by atoms with Gasteiger partial charge in [-0.3, -0.25) is 4.39 Å². The molecule has 0 bridgehead atoms. The van der Waals surface area contributed by atoms with Gasteiger partial charge in [0.2, 0.25) is 0 Å². The average Bonchev–Trinajstić information content (AvgIpc) is 2.35. The predicted octanol–water partition coefficient (Wildman–Crippen LogP) is 2.27. The molecule has 0 aromatic heterocycles. The van der Waals surface area contributed by atoms with Crippen molar-refractivity contribution in [2.75, 3.05) is 33.2 Å². The van der Waals surface area contributed by atoms with Crippen molar-refractivity contribution in [1.82, 2.24) is 0 Å². The third kappa shape index (κ3) is 3.78. The summed E-state index contributed by atoms with van der Waals surface area (Å²) in [6.45, 7) is 0.208. The summed E-state index contributed by atoms with van der Waals surface area (Å²) in [5, 5.41) is 0. The molecule has 1 aromatic carbocycles. The summed E-state index contributed by atoms with van der Waals surface area (Å²) in [5.41, 5.74) is 6.61. The first-order valence-electron chi connectivity index (χ1n) is 5.40.